The standard InChI is InChI=1S/C7H13NO3S/c1-4-12(9,10)11-6-7(2,3)5-8/h4,6H2,1-3H3. The third-order valence-corrected chi connectivity index (χ3v) is 2.44. The largest absolute Gasteiger partial charge is 0.268 e. The molecule has 0 N–H and O–H groups in total. The SMILES string of the molecule is CCS(=O)(=O)OCC(C)(C)C#N. The van der Waals surface area contributed by atoms with Gasteiger partial charge in [0.05, 0.1) is 23.8 Å². The Labute approximate surface area is 73.3 Å². The van der Waals surface area contributed by atoms with E-state index in [9.17, 15) is 8.42 Å². The first-order chi connectivity index (χ1) is 5.33. The quantitative estimate of drug-likeness (QED) is 0.619. The summed E-state index contributed by atoms with van der Waals surface area (Å²) in [5, 5.41) is 8.54. The molecule has 4 nitrogen and oxygen atoms in total. The molecule has 0 aliphatic heterocycles. The lowest BCUT2D eigenvalue weighted by atomic mass is 9.98. The molecule has 0 aliphatic carbocycles. The van der Waals surface area contributed by atoms with Crippen molar-refractivity contribution in [2.24, 2.45) is 5.41 Å². The Morgan fingerprint density at radius 3 is 2.33 bits per heavy atom. The number of hydrogen-bond acceptors (Lipinski definition) is 4. The van der Waals surface area contributed by atoms with Crippen LogP contribution in [0.5, 0.6) is 0 Å². The highest BCUT2D eigenvalue weighted by Crippen LogP contribution is 2.14. The minimum absolute atomic E-state index is 0.0610. The van der Waals surface area contributed by atoms with Crippen molar-refractivity contribution in [2.75, 3.05) is 12.4 Å². The molecule has 0 spiro atoms. The molecule has 12 heavy (non-hydrogen) atoms. The van der Waals surface area contributed by atoms with Crippen LogP contribution in [0.3, 0.4) is 0 Å². The van der Waals surface area contributed by atoms with Crippen LogP contribution in [0.15, 0.2) is 0 Å². The van der Waals surface area contributed by atoms with Gasteiger partial charge in [0.2, 0.25) is 0 Å². The highest BCUT2D eigenvalue weighted by atomic mass is 32.2. The van der Waals surface area contributed by atoms with Gasteiger partial charge in [-0.2, -0.15) is 13.7 Å². The van der Waals surface area contributed by atoms with Gasteiger partial charge in [-0.25, -0.2) is 0 Å². The third-order valence-electron chi connectivity index (χ3n) is 1.26. The highest BCUT2D eigenvalue weighted by molar-refractivity contribution is 7.86. The zero-order valence-electron chi connectivity index (χ0n) is 7.49. The molecule has 0 rings (SSSR count). The van der Waals surface area contributed by atoms with E-state index < -0.39 is 15.5 Å². The van der Waals surface area contributed by atoms with E-state index >= 15 is 0 Å². The maximum absolute atomic E-state index is 10.8. The van der Waals surface area contributed by atoms with Crippen molar-refractivity contribution in [1.29, 1.82) is 5.26 Å². The van der Waals surface area contributed by atoms with Crippen molar-refractivity contribution >= 4 is 10.1 Å². The lowest BCUT2D eigenvalue weighted by Crippen LogP contribution is -2.21. The van der Waals surface area contributed by atoms with Crippen molar-refractivity contribution < 1.29 is 12.6 Å². The van der Waals surface area contributed by atoms with Gasteiger partial charge in [-0.3, -0.25) is 4.18 Å². The fourth-order valence-electron chi connectivity index (χ4n) is 0.353. The number of nitriles is 1. The molecular weight excluding hydrogens is 178 g/mol. The molecular formula is C7H13NO3S. The van der Waals surface area contributed by atoms with Gasteiger partial charge in [-0.15, -0.1) is 0 Å². The summed E-state index contributed by atoms with van der Waals surface area (Å²) < 4.78 is 26.2. The van der Waals surface area contributed by atoms with E-state index in [0.717, 1.165) is 0 Å². The fourth-order valence-corrected chi connectivity index (χ4v) is 0.994. The molecule has 0 unspecified atom stereocenters. The molecule has 0 atom stereocenters. The number of rotatable bonds is 4. The summed E-state index contributed by atoms with van der Waals surface area (Å²) in [6.07, 6.45) is 0. The zero-order valence-corrected chi connectivity index (χ0v) is 8.31. The normalized spacial score (nSPS) is 12.5. The van der Waals surface area contributed by atoms with E-state index in [-0.39, 0.29) is 12.4 Å². The summed E-state index contributed by atoms with van der Waals surface area (Å²) in [6, 6.07) is 1.95. The average molecular weight is 191 g/mol. The van der Waals surface area contributed by atoms with E-state index in [1.54, 1.807) is 13.8 Å². The van der Waals surface area contributed by atoms with E-state index in [1.165, 1.54) is 6.92 Å². The molecule has 0 radical (unpaired) electrons. The Morgan fingerprint density at radius 1 is 1.50 bits per heavy atom. The van der Waals surface area contributed by atoms with Crippen LogP contribution >= 0.6 is 0 Å². The van der Waals surface area contributed by atoms with Crippen LogP contribution < -0.4 is 0 Å². The van der Waals surface area contributed by atoms with Gasteiger partial charge in [-0.1, -0.05) is 0 Å². The van der Waals surface area contributed by atoms with Gasteiger partial charge >= 0.3 is 0 Å². The summed E-state index contributed by atoms with van der Waals surface area (Å²) >= 11 is 0. The Kier molecular flexibility index (Phi) is 3.68. The van der Waals surface area contributed by atoms with Crippen molar-refractivity contribution in [3.8, 4) is 6.07 Å². The number of hydrogen-bond donors (Lipinski definition) is 0. The van der Waals surface area contributed by atoms with Gasteiger partial charge in [0.1, 0.15) is 0 Å². The Morgan fingerprint density at radius 2 is 2.00 bits per heavy atom. The van der Waals surface area contributed by atoms with Crippen LogP contribution in [-0.2, 0) is 14.3 Å². The second kappa shape index (κ2) is 3.87. The molecule has 0 aromatic rings. The Hall–Kier alpha value is -0.600. The van der Waals surface area contributed by atoms with Crippen molar-refractivity contribution in [2.45, 2.75) is 20.8 Å². The Balaban J connectivity index is 4.12. The molecule has 0 saturated heterocycles. The van der Waals surface area contributed by atoms with E-state index in [0.29, 0.717) is 0 Å². The zero-order chi connectivity index (χ0) is 9.83. The lowest BCUT2D eigenvalue weighted by Gasteiger charge is -2.13. The molecule has 0 aromatic carbocycles. The van der Waals surface area contributed by atoms with Crippen molar-refractivity contribution in [1.82, 2.24) is 0 Å². The van der Waals surface area contributed by atoms with E-state index in [4.69, 9.17) is 5.26 Å². The summed E-state index contributed by atoms with van der Waals surface area (Å²) in [6.45, 7) is 4.66. The van der Waals surface area contributed by atoms with E-state index in [1.807, 2.05) is 6.07 Å². The summed E-state index contributed by atoms with van der Waals surface area (Å²) in [7, 11) is -3.41. The van der Waals surface area contributed by atoms with Gasteiger partial charge in [-0.05, 0) is 20.8 Å². The molecule has 70 valence electrons. The maximum atomic E-state index is 10.8. The van der Waals surface area contributed by atoms with Crippen molar-refractivity contribution in [3.63, 3.8) is 0 Å². The van der Waals surface area contributed by atoms with Crippen LogP contribution in [0.1, 0.15) is 20.8 Å². The molecule has 5 heteroatoms. The summed E-state index contributed by atoms with van der Waals surface area (Å²) in [5.74, 6) is -0.0610. The predicted molar refractivity (Wildman–Crippen MR) is 44.8 cm³/mol. The monoisotopic (exact) mass is 191 g/mol. The van der Waals surface area contributed by atoms with Crippen LogP contribution in [0.4, 0.5) is 0 Å². The second-order valence-electron chi connectivity index (χ2n) is 3.10. The van der Waals surface area contributed by atoms with Gasteiger partial charge in [0, 0.05) is 0 Å². The minimum Gasteiger partial charge on any atom is -0.268 e. The first-order valence-electron chi connectivity index (χ1n) is 3.61. The number of nitrogens with zero attached hydrogens (tertiary/aromatic N) is 1. The highest BCUT2D eigenvalue weighted by Gasteiger charge is 2.20. The van der Waals surface area contributed by atoms with Crippen LogP contribution in [0.25, 0.3) is 0 Å². The second-order valence-corrected chi connectivity index (χ2v) is 5.03. The summed E-state index contributed by atoms with van der Waals surface area (Å²) in [5.41, 5.74) is -0.748. The summed E-state index contributed by atoms with van der Waals surface area (Å²) in [4.78, 5) is 0. The smallest absolute Gasteiger partial charge is 0.267 e. The molecule has 0 fully saturated rings. The molecule has 0 saturated carbocycles. The van der Waals surface area contributed by atoms with Gasteiger partial charge < -0.3 is 0 Å². The molecule has 0 aromatic heterocycles. The molecule has 0 bridgehead atoms. The minimum atomic E-state index is -3.41. The molecule has 0 amide bonds. The van der Waals surface area contributed by atoms with Crippen LogP contribution in [0.2, 0.25) is 0 Å². The first kappa shape index (κ1) is 11.4. The van der Waals surface area contributed by atoms with Crippen molar-refractivity contribution in [3.05, 3.63) is 0 Å². The lowest BCUT2D eigenvalue weighted by molar-refractivity contribution is 0.233. The molecule has 0 aliphatic rings. The predicted octanol–water partition coefficient (Wildman–Crippen LogP) is 0.902. The van der Waals surface area contributed by atoms with E-state index in [2.05, 4.69) is 4.18 Å². The fraction of sp³-hybridized carbons (Fsp3) is 0.857. The third kappa shape index (κ3) is 4.31. The first-order valence-corrected chi connectivity index (χ1v) is 5.19. The van der Waals surface area contributed by atoms with Gasteiger partial charge in [0.15, 0.2) is 0 Å². The van der Waals surface area contributed by atoms with Crippen LogP contribution in [0, 0.1) is 16.7 Å². The average Bonchev–Trinajstić information content (AvgIpc) is 2.02. The molecule has 0 heterocycles. The topological polar surface area (TPSA) is 67.2 Å². The maximum Gasteiger partial charge on any atom is 0.267 e. The van der Waals surface area contributed by atoms with Gasteiger partial charge in [0.25, 0.3) is 10.1 Å². The Bertz CT molecular complexity index is 274. The van der Waals surface area contributed by atoms with Crippen LogP contribution in [-0.4, -0.2) is 20.8 Å².